The van der Waals surface area contributed by atoms with Crippen LogP contribution < -0.4 is 0 Å². The van der Waals surface area contributed by atoms with Crippen molar-refractivity contribution in [2.45, 2.75) is 18.2 Å². The molecule has 0 radical (unpaired) electrons. The SMILES string of the molecule is Cn1cnc2cc(C(Cl)CN3CCCC3)ccc21. The summed E-state index contributed by atoms with van der Waals surface area (Å²) in [5.74, 6) is 0. The minimum atomic E-state index is 0.0644. The van der Waals surface area contributed by atoms with Gasteiger partial charge in [0, 0.05) is 13.6 Å². The second-order valence-corrected chi connectivity index (χ2v) is 5.61. The van der Waals surface area contributed by atoms with Gasteiger partial charge in [0.15, 0.2) is 0 Å². The van der Waals surface area contributed by atoms with Crippen LogP contribution in [0.1, 0.15) is 23.8 Å². The van der Waals surface area contributed by atoms with Crippen molar-refractivity contribution in [2.75, 3.05) is 19.6 Å². The third-order valence-electron chi connectivity index (χ3n) is 3.73. The molecule has 0 aliphatic carbocycles. The Morgan fingerprint density at radius 3 is 2.89 bits per heavy atom. The maximum Gasteiger partial charge on any atom is 0.0955 e. The van der Waals surface area contributed by atoms with Gasteiger partial charge in [0.1, 0.15) is 0 Å². The molecule has 18 heavy (non-hydrogen) atoms. The van der Waals surface area contributed by atoms with E-state index in [1.807, 2.05) is 17.9 Å². The molecule has 96 valence electrons. The summed E-state index contributed by atoms with van der Waals surface area (Å²) in [6.45, 7) is 3.32. The quantitative estimate of drug-likeness (QED) is 0.794. The Hall–Kier alpha value is -1.06. The number of fused-ring (bicyclic) bond motifs is 1. The number of alkyl halides is 1. The lowest BCUT2D eigenvalue weighted by Gasteiger charge is -2.18. The van der Waals surface area contributed by atoms with Crippen molar-refractivity contribution in [1.29, 1.82) is 0 Å². The van der Waals surface area contributed by atoms with Crippen LogP contribution >= 0.6 is 11.6 Å². The molecule has 1 fully saturated rings. The predicted octanol–water partition coefficient (Wildman–Crippen LogP) is 2.95. The van der Waals surface area contributed by atoms with Crippen molar-refractivity contribution >= 4 is 22.6 Å². The fourth-order valence-electron chi connectivity index (χ4n) is 2.65. The fourth-order valence-corrected chi connectivity index (χ4v) is 2.98. The van der Waals surface area contributed by atoms with E-state index in [9.17, 15) is 0 Å². The van der Waals surface area contributed by atoms with E-state index in [0.717, 1.165) is 17.6 Å². The number of imidazole rings is 1. The molecule has 4 heteroatoms. The van der Waals surface area contributed by atoms with Gasteiger partial charge in [-0.15, -0.1) is 11.6 Å². The molecule has 3 nitrogen and oxygen atoms in total. The van der Waals surface area contributed by atoms with E-state index in [1.165, 1.54) is 31.5 Å². The van der Waals surface area contributed by atoms with E-state index >= 15 is 0 Å². The van der Waals surface area contributed by atoms with Gasteiger partial charge in [-0.2, -0.15) is 0 Å². The molecule has 2 aromatic rings. The van der Waals surface area contributed by atoms with E-state index < -0.39 is 0 Å². The first-order chi connectivity index (χ1) is 8.74. The number of hydrogen-bond acceptors (Lipinski definition) is 2. The lowest BCUT2D eigenvalue weighted by atomic mass is 10.1. The standard InChI is InChI=1S/C14H18ClN3/c1-17-10-16-13-8-11(4-5-14(13)17)12(15)9-18-6-2-3-7-18/h4-5,8,10,12H,2-3,6-7,9H2,1H3. The maximum atomic E-state index is 6.52. The largest absolute Gasteiger partial charge is 0.334 e. The summed E-state index contributed by atoms with van der Waals surface area (Å²) in [6.07, 6.45) is 4.46. The fraction of sp³-hybridized carbons (Fsp3) is 0.500. The number of likely N-dealkylation sites (tertiary alicyclic amines) is 1. The van der Waals surface area contributed by atoms with Crippen LogP contribution in [0.15, 0.2) is 24.5 Å². The minimum absolute atomic E-state index is 0.0644. The Bertz CT molecular complexity index is 543. The molecular weight excluding hydrogens is 246 g/mol. The highest BCUT2D eigenvalue weighted by atomic mass is 35.5. The number of aryl methyl sites for hydroxylation is 1. The highest BCUT2D eigenvalue weighted by Gasteiger charge is 2.17. The molecular formula is C14H18ClN3. The first kappa shape index (κ1) is 12.0. The van der Waals surface area contributed by atoms with Crippen molar-refractivity contribution in [1.82, 2.24) is 14.5 Å². The third kappa shape index (κ3) is 2.25. The molecule has 0 saturated carbocycles. The average Bonchev–Trinajstić information content (AvgIpc) is 2.99. The van der Waals surface area contributed by atoms with Gasteiger partial charge in [0.2, 0.25) is 0 Å². The van der Waals surface area contributed by atoms with Crippen molar-refractivity contribution in [3.63, 3.8) is 0 Å². The monoisotopic (exact) mass is 263 g/mol. The maximum absolute atomic E-state index is 6.52. The molecule has 1 aromatic carbocycles. The Morgan fingerprint density at radius 2 is 2.11 bits per heavy atom. The smallest absolute Gasteiger partial charge is 0.0955 e. The van der Waals surface area contributed by atoms with Crippen molar-refractivity contribution in [2.24, 2.45) is 7.05 Å². The normalized spacial score (nSPS) is 18.6. The van der Waals surface area contributed by atoms with Crippen LogP contribution in [0.5, 0.6) is 0 Å². The highest BCUT2D eigenvalue weighted by Crippen LogP contribution is 2.26. The lowest BCUT2D eigenvalue weighted by Crippen LogP contribution is -2.23. The van der Waals surface area contributed by atoms with E-state index in [2.05, 4.69) is 28.1 Å². The molecule has 1 aromatic heterocycles. The summed E-state index contributed by atoms with van der Waals surface area (Å²) < 4.78 is 2.03. The molecule has 1 atom stereocenters. The van der Waals surface area contributed by atoms with Gasteiger partial charge in [-0.05, 0) is 43.6 Å². The number of aromatic nitrogens is 2. The van der Waals surface area contributed by atoms with Crippen LogP contribution in [-0.2, 0) is 7.05 Å². The van der Waals surface area contributed by atoms with Gasteiger partial charge >= 0.3 is 0 Å². The molecule has 1 aliphatic rings. The van der Waals surface area contributed by atoms with Gasteiger partial charge in [0.05, 0.1) is 22.7 Å². The molecule has 2 heterocycles. The van der Waals surface area contributed by atoms with Crippen LogP contribution in [0, 0.1) is 0 Å². The van der Waals surface area contributed by atoms with Crippen LogP contribution in [0.3, 0.4) is 0 Å². The van der Waals surface area contributed by atoms with Crippen LogP contribution in [-0.4, -0.2) is 34.1 Å². The van der Waals surface area contributed by atoms with Crippen molar-refractivity contribution in [3.05, 3.63) is 30.1 Å². The van der Waals surface area contributed by atoms with E-state index in [1.54, 1.807) is 0 Å². The first-order valence-corrected chi connectivity index (χ1v) is 6.95. The van der Waals surface area contributed by atoms with E-state index in [0.29, 0.717) is 0 Å². The van der Waals surface area contributed by atoms with Crippen molar-refractivity contribution in [3.8, 4) is 0 Å². The lowest BCUT2D eigenvalue weighted by molar-refractivity contribution is 0.339. The topological polar surface area (TPSA) is 21.1 Å². The predicted molar refractivity (Wildman–Crippen MR) is 75.0 cm³/mol. The first-order valence-electron chi connectivity index (χ1n) is 6.51. The zero-order valence-corrected chi connectivity index (χ0v) is 11.4. The molecule has 1 saturated heterocycles. The molecule has 1 aliphatic heterocycles. The van der Waals surface area contributed by atoms with Gasteiger partial charge in [-0.1, -0.05) is 6.07 Å². The van der Waals surface area contributed by atoms with Crippen LogP contribution in [0.4, 0.5) is 0 Å². The number of rotatable bonds is 3. The van der Waals surface area contributed by atoms with E-state index in [4.69, 9.17) is 11.6 Å². The summed E-state index contributed by atoms with van der Waals surface area (Å²) >= 11 is 6.52. The number of benzene rings is 1. The summed E-state index contributed by atoms with van der Waals surface area (Å²) in [6, 6.07) is 6.35. The Kier molecular flexibility index (Phi) is 3.27. The number of hydrogen-bond donors (Lipinski definition) is 0. The van der Waals surface area contributed by atoms with Gasteiger partial charge in [-0.3, -0.25) is 0 Å². The van der Waals surface area contributed by atoms with Gasteiger partial charge < -0.3 is 9.47 Å². The molecule has 0 N–H and O–H groups in total. The minimum Gasteiger partial charge on any atom is -0.334 e. The Balaban J connectivity index is 1.80. The van der Waals surface area contributed by atoms with Crippen molar-refractivity contribution < 1.29 is 0 Å². The van der Waals surface area contributed by atoms with Crippen LogP contribution in [0.25, 0.3) is 11.0 Å². The van der Waals surface area contributed by atoms with Crippen LogP contribution in [0.2, 0.25) is 0 Å². The van der Waals surface area contributed by atoms with Gasteiger partial charge in [0.25, 0.3) is 0 Å². The number of nitrogens with zero attached hydrogens (tertiary/aromatic N) is 3. The van der Waals surface area contributed by atoms with E-state index in [-0.39, 0.29) is 5.38 Å². The summed E-state index contributed by atoms with van der Waals surface area (Å²) in [4.78, 5) is 6.83. The third-order valence-corrected chi connectivity index (χ3v) is 4.12. The summed E-state index contributed by atoms with van der Waals surface area (Å²) in [5, 5.41) is 0.0644. The molecule has 3 rings (SSSR count). The zero-order valence-electron chi connectivity index (χ0n) is 10.6. The Labute approximate surface area is 112 Å². The molecule has 0 spiro atoms. The average molecular weight is 264 g/mol. The summed E-state index contributed by atoms with van der Waals surface area (Å²) in [5.41, 5.74) is 3.36. The zero-order chi connectivity index (χ0) is 12.5. The Morgan fingerprint density at radius 1 is 1.33 bits per heavy atom. The van der Waals surface area contributed by atoms with Gasteiger partial charge in [-0.25, -0.2) is 4.98 Å². The second-order valence-electron chi connectivity index (χ2n) is 5.08. The second kappa shape index (κ2) is 4.90. The molecule has 1 unspecified atom stereocenters. The molecule has 0 bridgehead atoms. The number of halogens is 1. The summed E-state index contributed by atoms with van der Waals surface area (Å²) in [7, 11) is 2.01. The highest BCUT2D eigenvalue weighted by molar-refractivity contribution is 6.21. The molecule has 0 amide bonds.